The highest BCUT2D eigenvalue weighted by Gasteiger charge is 2.36. The van der Waals surface area contributed by atoms with Crippen molar-refractivity contribution in [3.63, 3.8) is 0 Å². The van der Waals surface area contributed by atoms with Gasteiger partial charge in [0.05, 0.1) is 12.7 Å². The molecule has 0 aliphatic carbocycles. The molecule has 0 bridgehead atoms. The Morgan fingerprint density at radius 1 is 1.44 bits per heavy atom. The molecule has 2 rings (SSSR count). The smallest absolute Gasteiger partial charge is 0.232 e. The van der Waals surface area contributed by atoms with Gasteiger partial charge in [-0.15, -0.1) is 5.10 Å². The summed E-state index contributed by atoms with van der Waals surface area (Å²) in [6.45, 7) is 2.82. The van der Waals surface area contributed by atoms with Crippen LogP contribution in [0.25, 0.3) is 0 Å². The number of likely N-dealkylation sites (tertiary alicyclic amines) is 1. The van der Waals surface area contributed by atoms with Crippen LogP contribution in [0.1, 0.15) is 19.8 Å². The summed E-state index contributed by atoms with van der Waals surface area (Å²) in [6.07, 6.45) is 4.36. The molecule has 6 heteroatoms. The topological polar surface area (TPSA) is 68.1 Å². The molecule has 1 unspecified atom stereocenters. The van der Waals surface area contributed by atoms with Crippen molar-refractivity contribution in [1.29, 1.82) is 0 Å². The van der Waals surface area contributed by atoms with Crippen LogP contribution in [-0.2, 0) is 16.1 Å². The number of amides is 2. The quantitative estimate of drug-likeness (QED) is 0.676. The van der Waals surface area contributed by atoms with E-state index in [0.29, 0.717) is 19.5 Å². The Morgan fingerprint density at radius 2 is 2.25 bits per heavy atom. The van der Waals surface area contributed by atoms with Crippen LogP contribution in [0, 0.1) is 5.92 Å². The van der Waals surface area contributed by atoms with E-state index in [1.807, 2.05) is 6.92 Å². The highest BCUT2D eigenvalue weighted by atomic mass is 16.2. The highest BCUT2D eigenvalue weighted by molar-refractivity contribution is 6.03. The van der Waals surface area contributed by atoms with Gasteiger partial charge < -0.3 is 0 Å². The van der Waals surface area contributed by atoms with Gasteiger partial charge in [-0.25, -0.2) is 0 Å². The standard InChI is InChI=1S/C10H14N4O2/c1-2-8-7-9(15)14(10(8)16)6-5-13-4-3-11-12-13/h3-4,8H,2,5-7H2,1H3. The Morgan fingerprint density at radius 3 is 2.81 bits per heavy atom. The second kappa shape index (κ2) is 4.42. The zero-order valence-corrected chi connectivity index (χ0v) is 9.17. The van der Waals surface area contributed by atoms with Gasteiger partial charge in [0.25, 0.3) is 0 Å². The number of carbonyl (C=O) groups is 2. The minimum absolute atomic E-state index is 0.0485. The second-order valence-electron chi connectivity index (χ2n) is 3.86. The molecule has 1 aliphatic rings. The first-order valence-corrected chi connectivity index (χ1v) is 5.40. The van der Waals surface area contributed by atoms with E-state index in [1.54, 1.807) is 17.1 Å². The lowest BCUT2D eigenvalue weighted by molar-refractivity contribution is -0.139. The maximum atomic E-state index is 11.8. The number of nitrogens with zero attached hydrogens (tertiary/aromatic N) is 4. The summed E-state index contributed by atoms with van der Waals surface area (Å²) in [7, 11) is 0. The molecule has 1 saturated heterocycles. The summed E-state index contributed by atoms with van der Waals surface area (Å²) in [5.74, 6) is -0.243. The predicted octanol–water partition coefficient (Wildman–Crippen LogP) is 0.0632. The number of hydrogen-bond acceptors (Lipinski definition) is 4. The SMILES string of the molecule is CCC1CC(=O)N(CCn2ccnn2)C1=O. The fraction of sp³-hybridized carbons (Fsp3) is 0.600. The Balaban J connectivity index is 1.95. The maximum absolute atomic E-state index is 11.8. The minimum atomic E-state index is -0.122. The van der Waals surface area contributed by atoms with E-state index in [1.165, 1.54) is 4.90 Å². The summed E-state index contributed by atoms with van der Waals surface area (Å²) in [4.78, 5) is 24.7. The molecule has 0 N–H and O–H groups in total. The molecule has 1 atom stereocenters. The molecule has 0 radical (unpaired) electrons. The van der Waals surface area contributed by atoms with Crippen LogP contribution in [0.15, 0.2) is 12.4 Å². The number of aromatic nitrogens is 3. The minimum Gasteiger partial charge on any atom is -0.280 e. The average molecular weight is 222 g/mol. The molecule has 1 aromatic heterocycles. The first-order valence-electron chi connectivity index (χ1n) is 5.40. The third-order valence-electron chi connectivity index (χ3n) is 2.85. The molecule has 6 nitrogen and oxygen atoms in total. The maximum Gasteiger partial charge on any atom is 0.232 e. The van der Waals surface area contributed by atoms with Crippen molar-refractivity contribution in [2.45, 2.75) is 26.3 Å². The van der Waals surface area contributed by atoms with Crippen LogP contribution in [0.2, 0.25) is 0 Å². The van der Waals surface area contributed by atoms with Gasteiger partial charge in [0.15, 0.2) is 0 Å². The Labute approximate surface area is 93.2 Å². The summed E-state index contributed by atoms with van der Waals surface area (Å²) in [6, 6.07) is 0. The van der Waals surface area contributed by atoms with Crippen LogP contribution in [0.5, 0.6) is 0 Å². The van der Waals surface area contributed by atoms with Gasteiger partial charge in [0.2, 0.25) is 11.8 Å². The van der Waals surface area contributed by atoms with E-state index < -0.39 is 0 Å². The fourth-order valence-corrected chi connectivity index (χ4v) is 1.86. The van der Waals surface area contributed by atoms with Gasteiger partial charge in [0.1, 0.15) is 0 Å². The molecule has 2 amide bonds. The van der Waals surface area contributed by atoms with Gasteiger partial charge in [0, 0.05) is 25.1 Å². The summed E-state index contributed by atoms with van der Waals surface area (Å²) >= 11 is 0. The highest BCUT2D eigenvalue weighted by Crippen LogP contribution is 2.21. The third-order valence-corrected chi connectivity index (χ3v) is 2.85. The fourth-order valence-electron chi connectivity index (χ4n) is 1.86. The molecule has 2 heterocycles. The van der Waals surface area contributed by atoms with E-state index in [-0.39, 0.29) is 17.7 Å². The van der Waals surface area contributed by atoms with Gasteiger partial charge >= 0.3 is 0 Å². The molecular weight excluding hydrogens is 208 g/mol. The van der Waals surface area contributed by atoms with Crippen LogP contribution in [0.4, 0.5) is 0 Å². The Kier molecular flexibility index (Phi) is 2.98. The van der Waals surface area contributed by atoms with E-state index in [2.05, 4.69) is 10.3 Å². The van der Waals surface area contributed by atoms with Crippen LogP contribution in [-0.4, -0.2) is 38.3 Å². The van der Waals surface area contributed by atoms with E-state index >= 15 is 0 Å². The second-order valence-corrected chi connectivity index (χ2v) is 3.86. The van der Waals surface area contributed by atoms with Crippen molar-refractivity contribution >= 4 is 11.8 Å². The van der Waals surface area contributed by atoms with E-state index in [0.717, 1.165) is 6.42 Å². The van der Waals surface area contributed by atoms with Gasteiger partial charge in [-0.2, -0.15) is 0 Å². The van der Waals surface area contributed by atoms with Gasteiger partial charge in [-0.05, 0) is 6.42 Å². The molecule has 1 fully saturated rings. The van der Waals surface area contributed by atoms with Crippen LogP contribution >= 0.6 is 0 Å². The summed E-state index contributed by atoms with van der Waals surface area (Å²) < 4.78 is 1.61. The van der Waals surface area contributed by atoms with Gasteiger partial charge in [-0.3, -0.25) is 19.2 Å². The lowest BCUT2D eigenvalue weighted by Crippen LogP contribution is -2.33. The van der Waals surface area contributed by atoms with Crippen molar-refractivity contribution in [2.75, 3.05) is 6.54 Å². The molecule has 0 saturated carbocycles. The van der Waals surface area contributed by atoms with Crippen LogP contribution < -0.4 is 0 Å². The lowest BCUT2D eigenvalue weighted by Gasteiger charge is -2.14. The first kappa shape index (κ1) is 10.8. The summed E-state index contributed by atoms with van der Waals surface area (Å²) in [5.41, 5.74) is 0. The van der Waals surface area contributed by atoms with Crippen LogP contribution in [0.3, 0.4) is 0 Å². The van der Waals surface area contributed by atoms with Crippen molar-refractivity contribution < 1.29 is 9.59 Å². The Bertz CT molecular complexity index is 388. The van der Waals surface area contributed by atoms with Crippen molar-refractivity contribution in [3.8, 4) is 0 Å². The molecule has 0 aromatic carbocycles. The number of rotatable bonds is 4. The zero-order valence-electron chi connectivity index (χ0n) is 9.17. The molecule has 1 aliphatic heterocycles. The van der Waals surface area contributed by atoms with Crippen molar-refractivity contribution in [2.24, 2.45) is 5.92 Å². The van der Waals surface area contributed by atoms with E-state index in [4.69, 9.17) is 0 Å². The molecule has 86 valence electrons. The van der Waals surface area contributed by atoms with Crippen molar-refractivity contribution in [3.05, 3.63) is 12.4 Å². The number of imide groups is 1. The van der Waals surface area contributed by atoms with Gasteiger partial charge in [-0.1, -0.05) is 12.1 Å². The zero-order chi connectivity index (χ0) is 11.5. The normalized spacial score (nSPS) is 20.8. The first-order chi connectivity index (χ1) is 7.72. The summed E-state index contributed by atoms with van der Waals surface area (Å²) in [5, 5.41) is 7.45. The average Bonchev–Trinajstić information content (AvgIpc) is 2.86. The number of carbonyl (C=O) groups excluding carboxylic acids is 2. The number of hydrogen-bond donors (Lipinski definition) is 0. The monoisotopic (exact) mass is 222 g/mol. The molecule has 1 aromatic rings. The third kappa shape index (κ3) is 1.95. The van der Waals surface area contributed by atoms with Crippen molar-refractivity contribution in [1.82, 2.24) is 19.9 Å². The largest absolute Gasteiger partial charge is 0.280 e. The lowest BCUT2D eigenvalue weighted by atomic mass is 10.1. The predicted molar refractivity (Wildman–Crippen MR) is 55.1 cm³/mol. The molecular formula is C10H14N4O2. The Hall–Kier alpha value is -1.72. The molecule has 0 spiro atoms. The van der Waals surface area contributed by atoms with E-state index in [9.17, 15) is 9.59 Å². The molecule has 16 heavy (non-hydrogen) atoms.